The van der Waals surface area contributed by atoms with Crippen LogP contribution in [0.25, 0.3) is 0 Å². The molecule has 1 nitrogen and oxygen atoms in total. The Bertz CT molecular complexity index is 563. The fourth-order valence-corrected chi connectivity index (χ4v) is 2.15. The molecule has 2 aromatic carbocycles. The van der Waals surface area contributed by atoms with E-state index < -0.39 is 0 Å². The molecule has 0 saturated heterocycles. The van der Waals surface area contributed by atoms with Gasteiger partial charge in [0.25, 0.3) is 0 Å². The second-order valence-corrected chi connectivity index (χ2v) is 5.09. The number of hydrogen-bond acceptors (Lipinski definition) is 1. The third-order valence-corrected chi connectivity index (χ3v) is 3.45. The Morgan fingerprint density at radius 3 is 2.63 bits per heavy atom. The number of rotatable bonds is 4. The Labute approximate surface area is 114 Å². The third-order valence-electron chi connectivity index (χ3n) is 3.45. The van der Waals surface area contributed by atoms with Crippen molar-refractivity contribution in [3.05, 3.63) is 70.5 Å². The molecule has 100 valence electrons. The first-order valence-electron chi connectivity index (χ1n) is 6.61. The minimum atomic E-state index is -0.183. The van der Waals surface area contributed by atoms with Crippen molar-refractivity contribution in [1.29, 1.82) is 0 Å². The monoisotopic (exact) mass is 257 g/mol. The SMILES string of the molecule is Cc1ccc(C)c(CN[C@H](C)c2cccc(F)c2)c1. The summed E-state index contributed by atoms with van der Waals surface area (Å²) in [5.41, 5.74) is 4.82. The van der Waals surface area contributed by atoms with E-state index >= 15 is 0 Å². The van der Waals surface area contributed by atoms with Crippen LogP contribution in [0.1, 0.15) is 35.2 Å². The Morgan fingerprint density at radius 1 is 1.11 bits per heavy atom. The fourth-order valence-electron chi connectivity index (χ4n) is 2.15. The van der Waals surface area contributed by atoms with Crippen LogP contribution in [0.3, 0.4) is 0 Å². The van der Waals surface area contributed by atoms with Gasteiger partial charge in [0, 0.05) is 12.6 Å². The first kappa shape index (κ1) is 13.8. The van der Waals surface area contributed by atoms with E-state index in [9.17, 15) is 4.39 Å². The molecule has 0 aliphatic carbocycles. The molecule has 0 radical (unpaired) electrons. The highest BCUT2D eigenvalue weighted by Crippen LogP contribution is 2.16. The molecule has 0 saturated carbocycles. The highest BCUT2D eigenvalue weighted by Gasteiger charge is 2.06. The smallest absolute Gasteiger partial charge is 0.123 e. The van der Waals surface area contributed by atoms with Crippen molar-refractivity contribution in [2.24, 2.45) is 0 Å². The van der Waals surface area contributed by atoms with Gasteiger partial charge in [-0.15, -0.1) is 0 Å². The van der Waals surface area contributed by atoms with Crippen molar-refractivity contribution < 1.29 is 4.39 Å². The molecular weight excluding hydrogens is 237 g/mol. The maximum Gasteiger partial charge on any atom is 0.123 e. The third kappa shape index (κ3) is 3.65. The quantitative estimate of drug-likeness (QED) is 0.861. The van der Waals surface area contributed by atoms with Gasteiger partial charge in [-0.2, -0.15) is 0 Å². The average Bonchev–Trinajstić information content (AvgIpc) is 2.39. The summed E-state index contributed by atoms with van der Waals surface area (Å²) in [6, 6.07) is 13.3. The molecule has 1 N–H and O–H groups in total. The lowest BCUT2D eigenvalue weighted by Gasteiger charge is -2.16. The van der Waals surface area contributed by atoms with Gasteiger partial charge >= 0.3 is 0 Å². The second-order valence-electron chi connectivity index (χ2n) is 5.09. The van der Waals surface area contributed by atoms with Crippen molar-refractivity contribution in [3.8, 4) is 0 Å². The zero-order valence-corrected chi connectivity index (χ0v) is 11.7. The van der Waals surface area contributed by atoms with Gasteiger partial charge < -0.3 is 5.32 Å². The van der Waals surface area contributed by atoms with Crippen LogP contribution in [0.4, 0.5) is 4.39 Å². The molecule has 0 unspecified atom stereocenters. The molecule has 2 aromatic rings. The topological polar surface area (TPSA) is 12.0 Å². The zero-order chi connectivity index (χ0) is 13.8. The minimum Gasteiger partial charge on any atom is -0.306 e. The van der Waals surface area contributed by atoms with E-state index in [0.29, 0.717) is 0 Å². The fraction of sp³-hybridized carbons (Fsp3) is 0.294. The average molecular weight is 257 g/mol. The predicted octanol–water partition coefficient (Wildman–Crippen LogP) is 4.29. The largest absolute Gasteiger partial charge is 0.306 e. The van der Waals surface area contributed by atoms with Gasteiger partial charge in [0.1, 0.15) is 5.82 Å². The molecule has 0 aromatic heterocycles. The van der Waals surface area contributed by atoms with Gasteiger partial charge in [0.05, 0.1) is 0 Å². The summed E-state index contributed by atoms with van der Waals surface area (Å²) in [5, 5.41) is 3.44. The van der Waals surface area contributed by atoms with Crippen LogP contribution < -0.4 is 5.32 Å². The summed E-state index contributed by atoms with van der Waals surface area (Å²) in [6.45, 7) is 7.06. The predicted molar refractivity (Wildman–Crippen MR) is 77.6 cm³/mol. The highest BCUT2D eigenvalue weighted by atomic mass is 19.1. The molecule has 2 heteroatoms. The van der Waals surface area contributed by atoms with E-state index in [0.717, 1.165) is 12.1 Å². The van der Waals surface area contributed by atoms with Crippen LogP contribution >= 0.6 is 0 Å². The van der Waals surface area contributed by atoms with Gasteiger partial charge in [-0.05, 0) is 49.6 Å². The van der Waals surface area contributed by atoms with Crippen LogP contribution in [-0.2, 0) is 6.54 Å². The van der Waals surface area contributed by atoms with E-state index in [2.05, 4.69) is 44.3 Å². The first-order valence-corrected chi connectivity index (χ1v) is 6.61. The van der Waals surface area contributed by atoms with Crippen molar-refractivity contribution >= 4 is 0 Å². The Morgan fingerprint density at radius 2 is 1.89 bits per heavy atom. The van der Waals surface area contributed by atoms with Crippen LogP contribution in [0.15, 0.2) is 42.5 Å². The summed E-state index contributed by atoms with van der Waals surface area (Å²) in [6.07, 6.45) is 0. The Kier molecular flexibility index (Phi) is 4.33. The number of hydrogen-bond donors (Lipinski definition) is 1. The molecule has 1 atom stereocenters. The van der Waals surface area contributed by atoms with Gasteiger partial charge in [0.2, 0.25) is 0 Å². The molecule has 0 aliphatic heterocycles. The number of aryl methyl sites for hydroxylation is 2. The second kappa shape index (κ2) is 5.98. The maximum absolute atomic E-state index is 13.2. The molecule has 0 aliphatic rings. The molecular formula is C17H20FN. The summed E-state index contributed by atoms with van der Waals surface area (Å²) in [7, 11) is 0. The first-order chi connectivity index (χ1) is 9.06. The number of nitrogens with one attached hydrogen (secondary N) is 1. The molecule has 0 spiro atoms. The molecule has 0 heterocycles. The van der Waals surface area contributed by atoms with Gasteiger partial charge in [0.15, 0.2) is 0 Å². The summed E-state index contributed by atoms with van der Waals surface area (Å²) < 4.78 is 13.2. The van der Waals surface area contributed by atoms with E-state index in [-0.39, 0.29) is 11.9 Å². The van der Waals surface area contributed by atoms with Crippen LogP contribution in [0.2, 0.25) is 0 Å². The van der Waals surface area contributed by atoms with Crippen LogP contribution in [0.5, 0.6) is 0 Å². The van der Waals surface area contributed by atoms with Crippen LogP contribution in [-0.4, -0.2) is 0 Å². The Balaban J connectivity index is 2.04. The number of halogens is 1. The highest BCUT2D eigenvalue weighted by molar-refractivity contribution is 5.30. The van der Waals surface area contributed by atoms with Crippen molar-refractivity contribution in [1.82, 2.24) is 5.32 Å². The molecule has 0 fully saturated rings. The molecule has 2 rings (SSSR count). The van der Waals surface area contributed by atoms with E-state index in [1.165, 1.54) is 22.8 Å². The van der Waals surface area contributed by atoms with Crippen molar-refractivity contribution in [3.63, 3.8) is 0 Å². The summed E-state index contributed by atoms with van der Waals surface area (Å²) in [5.74, 6) is -0.183. The lowest BCUT2D eigenvalue weighted by atomic mass is 10.0. The van der Waals surface area contributed by atoms with E-state index in [4.69, 9.17) is 0 Å². The van der Waals surface area contributed by atoms with Crippen molar-refractivity contribution in [2.75, 3.05) is 0 Å². The van der Waals surface area contributed by atoms with Crippen LogP contribution in [0, 0.1) is 19.7 Å². The summed E-state index contributed by atoms with van der Waals surface area (Å²) in [4.78, 5) is 0. The van der Waals surface area contributed by atoms with Gasteiger partial charge in [-0.1, -0.05) is 35.9 Å². The lowest BCUT2D eigenvalue weighted by molar-refractivity contribution is 0.564. The van der Waals surface area contributed by atoms with Gasteiger partial charge in [-0.3, -0.25) is 0 Å². The minimum absolute atomic E-state index is 0.135. The number of benzene rings is 2. The Hall–Kier alpha value is -1.67. The normalized spacial score (nSPS) is 12.4. The lowest BCUT2D eigenvalue weighted by Crippen LogP contribution is -2.18. The van der Waals surface area contributed by atoms with Gasteiger partial charge in [-0.25, -0.2) is 4.39 Å². The molecule has 0 bridgehead atoms. The van der Waals surface area contributed by atoms with E-state index in [1.54, 1.807) is 12.1 Å². The maximum atomic E-state index is 13.2. The molecule has 19 heavy (non-hydrogen) atoms. The van der Waals surface area contributed by atoms with Crippen molar-refractivity contribution in [2.45, 2.75) is 33.4 Å². The standard InChI is InChI=1S/C17H20FN/c1-12-7-8-13(2)16(9-12)11-19-14(3)15-5-4-6-17(18)10-15/h4-10,14,19H,11H2,1-3H3/t14-/m1/s1. The zero-order valence-electron chi connectivity index (χ0n) is 11.7. The molecule has 0 amide bonds. The van der Waals surface area contributed by atoms with E-state index in [1.807, 2.05) is 6.07 Å². The summed E-state index contributed by atoms with van der Waals surface area (Å²) >= 11 is 0.